The third kappa shape index (κ3) is 4.43. The molecule has 1 aromatic rings. The summed E-state index contributed by atoms with van der Waals surface area (Å²) >= 11 is 0. The Balaban J connectivity index is 2.65. The molecule has 1 aliphatic rings. The minimum absolute atomic E-state index is 0.00113. The molecule has 0 fully saturated rings. The summed E-state index contributed by atoms with van der Waals surface area (Å²) in [5.74, 6) is -1.79. The summed E-state index contributed by atoms with van der Waals surface area (Å²) in [7, 11) is 1.51. The number of esters is 2. The van der Waals surface area contributed by atoms with E-state index >= 15 is 0 Å². The van der Waals surface area contributed by atoms with Gasteiger partial charge in [0, 0.05) is 0 Å². The number of ether oxygens (including phenoxy) is 4. The molecule has 0 bridgehead atoms. The lowest BCUT2D eigenvalue weighted by atomic mass is 9.82. The van der Waals surface area contributed by atoms with Gasteiger partial charge in [0.25, 0.3) is 0 Å². The normalized spacial score (nSPS) is 16.1. The first-order valence-electron chi connectivity index (χ1n) is 8.74. The molecule has 0 saturated heterocycles. The highest BCUT2D eigenvalue weighted by atomic mass is 16.5. The summed E-state index contributed by atoms with van der Waals surface area (Å²) < 4.78 is 20.8. The van der Waals surface area contributed by atoms with Crippen LogP contribution in [0.25, 0.3) is 0 Å². The van der Waals surface area contributed by atoms with Gasteiger partial charge in [-0.2, -0.15) is 5.26 Å². The van der Waals surface area contributed by atoms with Gasteiger partial charge in [0.05, 0.1) is 31.8 Å². The van der Waals surface area contributed by atoms with Crippen LogP contribution >= 0.6 is 0 Å². The third-order valence-corrected chi connectivity index (χ3v) is 4.03. The molecule has 0 saturated carbocycles. The molecule has 28 heavy (non-hydrogen) atoms. The molecule has 8 nitrogen and oxygen atoms in total. The molecule has 0 radical (unpaired) electrons. The topological polar surface area (TPSA) is 121 Å². The standard InChI is InChI=1S/C20H22N2O6/c1-4-26-16(23)10-15-18(20(24)27-5-2)17(14(11-21)19(22)28-15)12-7-6-8-13(9-12)25-3/h6-9,17H,4-5,10,22H2,1-3H3/t17-/m0/s1. The number of nitrogens with two attached hydrogens (primary N) is 1. The number of benzene rings is 1. The maximum atomic E-state index is 12.7. The van der Waals surface area contributed by atoms with E-state index in [1.165, 1.54) is 7.11 Å². The largest absolute Gasteiger partial charge is 0.497 e. The van der Waals surface area contributed by atoms with E-state index in [0.717, 1.165) is 0 Å². The van der Waals surface area contributed by atoms with Crippen molar-refractivity contribution in [3.63, 3.8) is 0 Å². The van der Waals surface area contributed by atoms with Crippen molar-refractivity contribution >= 4 is 11.9 Å². The fourth-order valence-electron chi connectivity index (χ4n) is 2.88. The van der Waals surface area contributed by atoms with Gasteiger partial charge in [0.15, 0.2) is 0 Å². The Labute approximate surface area is 163 Å². The Bertz CT molecular complexity index is 866. The highest BCUT2D eigenvalue weighted by Crippen LogP contribution is 2.41. The first-order chi connectivity index (χ1) is 13.5. The number of carbonyl (C=O) groups is 2. The molecule has 1 aromatic carbocycles. The molecule has 2 N–H and O–H groups in total. The van der Waals surface area contributed by atoms with Gasteiger partial charge in [-0.1, -0.05) is 12.1 Å². The van der Waals surface area contributed by atoms with Crippen LogP contribution in [0.1, 0.15) is 31.7 Å². The van der Waals surface area contributed by atoms with Gasteiger partial charge in [-0.3, -0.25) is 4.79 Å². The number of rotatable bonds is 7. The number of methoxy groups -OCH3 is 1. The number of allylic oxidation sites excluding steroid dienone is 1. The molecule has 8 heteroatoms. The molecule has 0 aromatic heterocycles. The number of hydrogen-bond acceptors (Lipinski definition) is 8. The number of carbonyl (C=O) groups excluding carboxylic acids is 2. The molecule has 148 valence electrons. The minimum atomic E-state index is -0.864. The Morgan fingerprint density at radius 3 is 2.57 bits per heavy atom. The monoisotopic (exact) mass is 386 g/mol. The van der Waals surface area contributed by atoms with Gasteiger partial charge in [0.2, 0.25) is 5.88 Å². The lowest BCUT2D eigenvalue weighted by Gasteiger charge is -2.28. The second kappa shape index (κ2) is 9.46. The summed E-state index contributed by atoms with van der Waals surface area (Å²) in [6.45, 7) is 3.61. The van der Waals surface area contributed by atoms with Gasteiger partial charge in [-0.05, 0) is 31.5 Å². The van der Waals surface area contributed by atoms with Crippen molar-refractivity contribution in [1.82, 2.24) is 0 Å². The van der Waals surface area contributed by atoms with E-state index in [0.29, 0.717) is 11.3 Å². The van der Waals surface area contributed by atoms with Crippen LogP contribution in [0.4, 0.5) is 0 Å². The van der Waals surface area contributed by atoms with Crippen molar-refractivity contribution in [2.24, 2.45) is 5.73 Å². The van der Waals surface area contributed by atoms with Crippen LogP contribution in [0.5, 0.6) is 5.75 Å². The second-order valence-electron chi connectivity index (χ2n) is 5.74. The van der Waals surface area contributed by atoms with E-state index in [-0.39, 0.29) is 42.4 Å². The van der Waals surface area contributed by atoms with Gasteiger partial charge >= 0.3 is 11.9 Å². The van der Waals surface area contributed by atoms with Crippen LogP contribution in [0, 0.1) is 11.3 Å². The summed E-state index contributed by atoms with van der Waals surface area (Å²) in [5.41, 5.74) is 6.59. The van der Waals surface area contributed by atoms with Gasteiger partial charge in [0.1, 0.15) is 29.6 Å². The SMILES string of the molecule is CCOC(=O)CC1=C(C(=O)OCC)[C@@H](c2cccc(OC)c2)C(C#N)=C(N)O1. The van der Waals surface area contributed by atoms with Crippen LogP contribution < -0.4 is 10.5 Å². The Morgan fingerprint density at radius 1 is 1.25 bits per heavy atom. The van der Waals surface area contributed by atoms with E-state index in [4.69, 9.17) is 24.7 Å². The Hall–Kier alpha value is -3.47. The van der Waals surface area contributed by atoms with Crippen LogP contribution in [0.2, 0.25) is 0 Å². The second-order valence-corrected chi connectivity index (χ2v) is 5.74. The molecular formula is C20H22N2O6. The van der Waals surface area contributed by atoms with E-state index in [1.807, 2.05) is 6.07 Å². The number of nitriles is 1. The first kappa shape index (κ1) is 20.8. The number of nitrogens with zero attached hydrogens (tertiary/aromatic N) is 1. The van der Waals surface area contributed by atoms with Crippen molar-refractivity contribution in [2.75, 3.05) is 20.3 Å². The zero-order chi connectivity index (χ0) is 20.7. The molecule has 0 spiro atoms. The van der Waals surface area contributed by atoms with E-state index in [2.05, 4.69) is 0 Å². The summed E-state index contributed by atoms with van der Waals surface area (Å²) in [5, 5.41) is 9.64. The predicted octanol–water partition coefficient (Wildman–Crippen LogP) is 2.27. The lowest BCUT2D eigenvalue weighted by Crippen LogP contribution is -2.27. The third-order valence-electron chi connectivity index (χ3n) is 4.03. The molecule has 0 aliphatic carbocycles. The summed E-state index contributed by atoms with van der Waals surface area (Å²) in [6, 6.07) is 8.86. The van der Waals surface area contributed by atoms with Gasteiger partial charge in [-0.15, -0.1) is 0 Å². The summed E-state index contributed by atoms with van der Waals surface area (Å²) in [4.78, 5) is 24.7. The van der Waals surface area contributed by atoms with E-state index in [9.17, 15) is 14.9 Å². The van der Waals surface area contributed by atoms with Gasteiger partial charge in [-0.25, -0.2) is 4.79 Å². The highest BCUT2D eigenvalue weighted by Gasteiger charge is 2.38. The lowest BCUT2D eigenvalue weighted by molar-refractivity contribution is -0.143. The predicted molar refractivity (Wildman–Crippen MR) is 98.6 cm³/mol. The zero-order valence-electron chi connectivity index (χ0n) is 16.0. The van der Waals surface area contributed by atoms with Crippen LogP contribution in [0.15, 0.2) is 47.1 Å². The van der Waals surface area contributed by atoms with Crippen molar-refractivity contribution < 1.29 is 28.5 Å². The Morgan fingerprint density at radius 2 is 1.96 bits per heavy atom. The van der Waals surface area contributed by atoms with Crippen LogP contribution in [-0.4, -0.2) is 32.3 Å². The van der Waals surface area contributed by atoms with E-state index in [1.54, 1.807) is 38.1 Å². The molecule has 1 aliphatic heterocycles. The zero-order valence-corrected chi connectivity index (χ0v) is 16.0. The van der Waals surface area contributed by atoms with Crippen molar-refractivity contribution in [3.8, 4) is 11.8 Å². The quantitative estimate of drug-likeness (QED) is 0.709. The Kier molecular flexibility index (Phi) is 7.04. The fraction of sp³-hybridized carbons (Fsp3) is 0.350. The minimum Gasteiger partial charge on any atom is -0.497 e. The molecule has 2 rings (SSSR count). The summed E-state index contributed by atoms with van der Waals surface area (Å²) in [6.07, 6.45) is -0.318. The van der Waals surface area contributed by atoms with Crippen molar-refractivity contribution in [1.29, 1.82) is 5.26 Å². The van der Waals surface area contributed by atoms with E-state index < -0.39 is 17.9 Å². The molecular weight excluding hydrogens is 364 g/mol. The molecule has 0 unspecified atom stereocenters. The highest BCUT2D eigenvalue weighted by molar-refractivity contribution is 5.93. The van der Waals surface area contributed by atoms with Crippen molar-refractivity contribution in [2.45, 2.75) is 26.2 Å². The smallest absolute Gasteiger partial charge is 0.338 e. The molecule has 1 heterocycles. The maximum absolute atomic E-state index is 12.7. The van der Waals surface area contributed by atoms with Crippen molar-refractivity contribution in [3.05, 3.63) is 52.6 Å². The number of hydrogen-bond donors (Lipinski definition) is 1. The molecule has 1 atom stereocenters. The average molecular weight is 386 g/mol. The van der Waals surface area contributed by atoms with Crippen LogP contribution in [0.3, 0.4) is 0 Å². The maximum Gasteiger partial charge on any atom is 0.338 e. The first-order valence-corrected chi connectivity index (χ1v) is 8.74. The molecule has 0 amide bonds. The average Bonchev–Trinajstić information content (AvgIpc) is 2.67. The fourth-order valence-corrected chi connectivity index (χ4v) is 2.88. The van der Waals surface area contributed by atoms with Gasteiger partial charge < -0.3 is 24.7 Å². The van der Waals surface area contributed by atoms with Crippen LogP contribution in [-0.2, 0) is 23.8 Å².